The van der Waals surface area contributed by atoms with E-state index in [1.807, 2.05) is 56.3 Å². The van der Waals surface area contributed by atoms with E-state index in [1.165, 1.54) is 10.8 Å². The van der Waals surface area contributed by atoms with Gasteiger partial charge in [-0.05, 0) is 41.6 Å². The van der Waals surface area contributed by atoms with E-state index >= 15 is 0 Å². The summed E-state index contributed by atoms with van der Waals surface area (Å²) in [6.45, 7) is 4.59. The normalized spacial score (nSPS) is 10.8. The molecule has 2 aromatic carbocycles. The smallest absolute Gasteiger partial charge is 0.261 e. The van der Waals surface area contributed by atoms with Crippen molar-refractivity contribution in [2.45, 2.75) is 20.4 Å². The highest BCUT2D eigenvalue weighted by molar-refractivity contribution is 5.95. The van der Waals surface area contributed by atoms with Crippen LogP contribution < -0.4 is 21.5 Å². The first-order valence-corrected chi connectivity index (χ1v) is 9.91. The third-order valence-corrected chi connectivity index (χ3v) is 4.78. The molecule has 3 aromatic rings. The van der Waals surface area contributed by atoms with Gasteiger partial charge in [0.05, 0.1) is 11.1 Å². The molecule has 1 amide bonds. The number of rotatable bonds is 8. The molecule has 0 radical (unpaired) electrons. The van der Waals surface area contributed by atoms with Gasteiger partial charge in [0.25, 0.3) is 5.56 Å². The first-order chi connectivity index (χ1) is 14.4. The lowest BCUT2D eigenvalue weighted by atomic mass is 10.1. The van der Waals surface area contributed by atoms with E-state index in [1.54, 1.807) is 13.2 Å². The van der Waals surface area contributed by atoms with E-state index in [0.717, 1.165) is 22.3 Å². The summed E-state index contributed by atoms with van der Waals surface area (Å²) in [6.07, 6.45) is 2.93. The van der Waals surface area contributed by atoms with Crippen LogP contribution in [0.2, 0.25) is 0 Å². The zero-order valence-electron chi connectivity index (χ0n) is 17.5. The summed E-state index contributed by atoms with van der Waals surface area (Å²) in [5.74, 6) is 0.159. The Bertz CT molecular complexity index is 1130. The summed E-state index contributed by atoms with van der Waals surface area (Å²) < 4.78 is 1.43. The third kappa shape index (κ3) is 4.68. The van der Waals surface area contributed by atoms with Crippen LogP contribution in [-0.2, 0) is 11.3 Å². The van der Waals surface area contributed by atoms with Gasteiger partial charge in [-0.25, -0.2) is 0 Å². The maximum absolute atomic E-state index is 13.1. The summed E-state index contributed by atoms with van der Waals surface area (Å²) in [7, 11) is 1.81. The molecule has 0 bridgehead atoms. The number of hydrogen-bond donors (Lipinski definition) is 4. The van der Waals surface area contributed by atoms with Gasteiger partial charge < -0.3 is 25.9 Å². The van der Waals surface area contributed by atoms with E-state index in [9.17, 15) is 9.59 Å². The fraction of sp³-hybridized carbons (Fsp3) is 0.261. The van der Waals surface area contributed by atoms with Crippen LogP contribution >= 0.6 is 0 Å². The molecule has 0 unspecified atom stereocenters. The molecular formula is C23H27N5O2. The first-order valence-electron chi connectivity index (χ1n) is 9.91. The molecule has 0 aliphatic rings. The maximum atomic E-state index is 13.1. The monoisotopic (exact) mass is 405 g/mol. The minimum Gasteiger partial charge on any atom is -0.388 e. The highest BCUT2D eigenvalue weighted by atomic mass is 16.2. The summed E-state index contributed by atoms with van der Waals surface area (Å²) in [4.78, 5) is 25.3. The number of nitrogens with one attached hydrogen (secondary N) is 4. The molecule has 0 atom stereocenters. The fourth-order valence-electron chi connectivity index (χ4n) is 3.23. The van der Waals surface area contributed by atoms with Crippen molar-refractivity contribution in [2.75, 3.05) is 24.2 Å². The zero-order chi connectivity index (χ0) is 21.7. The topological polar surface area (TPSA) is 99.0 Å². The summed E-state index contributed by atoms with van der Waals surface area (Å²) in [5.41, 5.74) is 2.78. The molecule has 0 aliphatic heterocycles. The molecule has 4 N–H and O–H groups in total. The molecule has 0 saturated carbocycles. The second kappa shape index (κ2) is 9.26. The minimum atomic E-state index is -0.227. The van der Waals surface area contributed by atoms with Gasteiger partial charge in [-0.3, -0.25) is 9.59 Å². The zero-order valence-corrected chi connectivity index (χ0v) is 17.5. The van der Waals surface area contributed by atoms with Crippen molar-refractivity contribution in [3.63, 3.8) is 0 Å². The number of aromatic nitrogens is 1. The van der Waals surface area contributed by atoms with Crippen molar-refractivity contribution in [3.8, 4) is 0 Å². The van der Waals surface area contributed by atoms with Gasteiger partial charge in [0.2, 0.25) is 5.91 Å². The number of pyridine rings is 1. The number of fused-ring (bicyclic) bond motifs is 1. The molecule has 3 rings (SSSR count). The van der Waals surface area contributed by atoms with Crippen LogP contribution in [0.4, 0.5) is 17.1 Å². The number of carbonyl (C=O) groups excluding carboxylic acids is 1. The van der Waals surface area contributed by atoms with Gasteiger partial charge in [0.1, 0.15) is 6.54 Å². The number of benzene rings is 2. The van der Waals surface area contributed by atoms with Crippen LogP contribution in [0.5, 0.6) is 0 Å². The molecule has 7 heteroatoms. The van der Waals surface area contributed by atoms with E-state index in [4.69, 9.17) is 5.41 Å². The molecule has 7 nitrogen and oxygen atoms in total. The SMILES string of the molecule is CNc1ccc(Nc2cccc3ccn(CC(=O)NCC(C)C)c(=O)c23)cc1C=N. The van der Waals surface area contributed by atoms with Crippen LogP contribution in [0, 0.1) is 11.3 Å². The van der Waals surface area contributed by atoms with Crippen molar-refractivity contribution in [3.05, 3.63) is 64.6 Å². The van der Waals surface area contributed by atoms with Gasteiger partial charge >= 0.3 is 0 Å². The van der Waals surface area contributed by atoms with Crippen LogP contribution in [0.3, 0.4) is 0 Å². The lowest BCUT2D eigenvalue weighted by Gasteiger charge is -2.14. The highest BCUT2D eigenvalue weighted by Gasteiger charge is 2.11. The number of anilines is 3. The van der Waals surface area contributed by atoms with Crippen LogP contribution in [0.15, 0.2) is 53.5 Å². The first kappa shape index (κ1) is 21.1. The Kier molecular flexibility index (Phi) is 6.51. The molecule has 1 heterocycles. The molecular weight excluding hydrogens is 378 g/mol. The summed E-state index contributed by atoms with van der Waals surface area (Å²) >= 11 is 0. The fourth-order valence-corrected chi connectivity index (χ4v) is 3.23. The van der Waals surface area contributed by atoms with E-state index < -0.39 is 0 Å². The number of carbonyl (C=O) groups is 1. The predicted octanol–water partition coefficient (Wildman–Crippen LogP) is 3.56. The van der Waals surface area contributed by atoms with Crippen LogP contribution in [0.1, 0.15) is 19.4 Å². The molecule has 156 valence electrons. The second-order valence-corrected chi connectivity index (χ2v) is 7.54. The average Bonchev–Trinajstić information content (AvgIpc) is 2.74. The van der Waals surface area contributed by atoms with Gasteiger partial charge in [0.15, 0.2) is 0 Å². The molecule has 1 aromatic heterocycles. The average molecular weight is 406 g/mol. The van der Waals surface area contributed by atoms with Crippen molar-refractivity contribution >= 4 is 40.0 Å². The third-order valence-electron chi connectivity index (χ3n) is 4.78. The molecule has 30 heavy (non-hydrogen) atoms. The Morgan fingerprint density at radius 1 is 1.17 bits per heavy atom. The van der Waals surface area contributed by atoms with Gasteiger partial charge in [-0.2, -0.15) is 0 Å². The molecule has 0 saturated heterocycles. The number of hydrogen-bond acceptors (Lipinski definition) is 5. The van der Waals surface area contributed by atoms with Crippen molar-refractivity contribution in [1.82, 2.24) is 9.88 Å². The Hall–Kier alpha value is -3.61. The molecule has 0 aliphatic carbocycles. The van der Waals surface area contributed by atoms with Crippen molar-refractivity contribution in [2.24, 2.45) is 5.92 Å². The minimum absolute atomic E-state index is 0.0232. The number of nitrogens with zero attached hydrogens (tertiary/aromatic N) is 1. The second-order valence-electron chi connectivity index (χ2n) is 7.54. The van der Waals surface area contributed by atoms with Crippen LogP contribution in [-0.4, -0.2) is 30.3 Å². The van der Waals surface area contributed by atoms with Gasteiger partial charge in [-0.1, -0.05) is 26.0 Å². The van der Waals surface area contributed by atoms with E-state index in [2.05, 4.69) is 16.0 Å². The van der Waals surface area contributed by atoms with E-state index in [0.29, 0.717) is 23.5 Å². The molecule has 0 fully saturated rings. The summed E-state index contributed by atoms with van der Waals surface area (Å²) in [6, 6.07) is 13.0. The Balaban J connectivity index is 1.95. The van der Waals surface area contributed by atoms with Crippen LogP contribution in [0.25, 0.3) is 10.8 Å². The standard InChI is InChI=1S/C23H27N5O2/c1-15(2)13-26-21(29)14-28-10-9-16-5-4-6-20(22(16)23(28)30)27-18-7-8-19(25-3)17(11-18)12-24/h4-12,15,24-25,27H,13-14H2,1-3H3,(H,26,29). The van der Waals surface area contributed by atoms with Gasteiger partial charge in [0, 0.05) is 42.9 Å². The quantitative estimate of drug-likeness (QED) is 0.431. The lowest BCUT2D eigenvalue weighted by Crippen LogP contribution is -2.34. The van der Waals surface area contributed by atoms with Crippen molar-refractivity contribution < 1.29 is 4.79 Å². The Morgan fingerprint density at radius 2 is 1.97 bits per heavy atom. The number of amides is 1. The van der Waals surface area contributed by atoms with E-state index in [-0.39, 0.29) is 18.0 Å². The van der Waals surface area contributed by atoms with Crippen molar-refractivity contribution in [1.29, 1.82) is 5.41 Å². The Labute approximate surface area is 175 Å². The Morgan fingerprint density at radius 3 is 2.67 bits per heavy atom. The predicted molar refractivity (Wildman–Crippen MR) is 123 cm³/mol. The molecule has 0 spiro atoms. The largest absolute Gasteiger partial charge is 0.388 e. The maximum Gasteiger partial charge on any atom is 0.261 e. The summed E-state index contributed by atoms with van der Waals surface area (Å²) in [5, 5.41) is 18.1. The van der Waals surface area contributed by atoms with Gasteiger partial charge in [-0.15, -0.1) is 0 Å². The lowest BCUT2D eigenvalue weighted by molar-refractivity contribution is -0.121. The highest BCUT2D eigenvalue weighted by Crippen LogP contribution is 2.26.